The summed E-state index contributed by atoms with van der Waals surface area (Å²) in [6, 6.07) is 4.87. The fourth-order valence-corrected chi connectivity index (χ4v) is 5.08. The van der Waals surface area contributed by atoms with Crippen molar-refractivity contribution in [2.24, 2.45) is 5.92 Å². The van der Waals surface area contributed by atoms with Crippen molar-refractivity contribution in [1.29, 1.82) is 0 Å². The molecule has 0 radical (unpaired) electrons. The lowest BCUT2D eigenvalue weighted by Gasteiger charge is -2.35. The van der Waals surface area contributed by atoms with Crippen LogP contribution < -0.4 is 4.74 Å². The van der Waals surface area contributed by atoms with Crippen LogP contribution in [0.1, 0.15) is 12.8 Å². The summed E-state index contributed by atoms with van der Waals surface area (Å²) >= 11 is 0. The molecule has 0 aliphatic carbocycles. The van der Waals surface area contributed by atoms with Crippen LogP contribution >= 0.6 is 0 Å². The third-order valence-electron chi connectivity index (χ3n) is 4.89. The highest BCUT2D eigenvalue weighted by Gasteiger charge is 2.36. The minimum atomic E-state index is -4.95. The topological polar surface area (TPSA) is 59.1 Å². The summed E-state index contributed by atoms with van der Waals surface area (Å²) in [7, 11) is -4.05. The number of para-hydroxylation sites is 1. The summed E-state index contributed by atoms with van der Waals surface area (Å²) in [6.45, 7) is 4.65. The van der Waals surface area contributed by atoms with E-state index in [1.165, 1.54) is 16.4 Å². The molecule has 1 aromatic carbocycles. The highest BCUT2D eigenvalue weighted by Crippen LogP contribution is 2.33. The number of alkyl halides is 3. The minimum Gasteiger partial charge on any atom is -0.404 e. The molecule has 152 valence electrons. The van der Waals surface area contributed by atoms with Gasteiger partial charge in [-0.2, -0.15) is 4.31 Å². The first-order chi connectivity index (χ1) is 12.8. The Morgan fingerprint density at radius 2 is 1.70 bits per heavy atom. The number of hydrogen-bond acceptors (Lipinski definition) is 5. The van der Waals surface area contributed by atoms with Crippen molar-refractivity contribution in [3.05, 3.63) is 24.3 Å². The standard InChI is InChI=1S/C17H23F3N2O4S/c18-17(19,20)26-15-3-1-2-4-16(15)27(23,24)22-7-5-14(6-8-22)13-21-9-11-25-12-10-21/h1-4,14H,5-13H2. The van der Waals surface area contributed by atoms with Crippen molar-refractivity contribution in [3.63, 3.8) is 0 Å². The van der Waals surface area contributed by atoms with Crippen LogP contribution in [0.4, 0.5) is 13.2 Å². The van der Waals surface area contributed by atoms with Gasteiger partial charge in [0.05, 0.1) is 13.2 Å². The zero-order valence-electron chi connectivity index (χ0n) is 14.8. The second kappa shape index (κ2) is 8.34. The smallest absolute Gasteiger partial charge is 0.404 e. The molecule has 2 saturated heterocycles. The van der Waals surface area contributed by atoms with Gasteiger partial charge in [-0.25, -0.2) is 8.42 Å². The van der Waals surface area contributed by atoms with Crippen molar-refractivity contribution in [3.8, 4) is 5.75 Å². The van der Waals surface area contributed by atoms with Crippen LogP contribution in [-0.4, -0.2) is 69.9 Å². The summed E-state index contributed by atoms with van der Waals surface area (Å²) in [4.78, 5) is 1.86. The number of halogens is 3. The van der Waals surface area contributed by atoms with Crippen LogP contribution in [0.5, 0.6) is 5.75 Å². The predicted molar refractivity (Wildman–Crippen MR) is 91.9 cm³/mol. The maximum atomic E-state index is 12.8. The van der Waals surface area contributed by atoms with E-state index in [4.69, 9.17) is 4.74 Å². The first-order valence-electron chi connectivity index (χ1n) is 8.91. The molecule has 2 heterocycles. The number of benzene rings is 1. The number of hydrogen-bond donors (Lipinski definition) is 0. The van der Waals surface area contributed by atoms with E-state index in [2.05, 4.69) is 9.64 Å². The van der Waals surface area contributed by atoms with Gasteiger partial charge in [-0.05, 0) is 30.9 Å². The molecule has 2 fully saturated rings. The first-order valence-corrected chi connectivity index (χ1v) is 10.3. The fraction of sp³-hybridized carbons (Fsp3) is 0.647. The molecule has 0 atom stereocenters. The monoisotopic (exact) mass is 408 g/mol. The van der Waals surface area contributed by atoms with Gasteiger partial charge in [0.25, 0.3) is 0 Å². The summed E-state index contributed by atoms with van der Waals surface area (Å²) in [5.74, 6) is -0.323. The van der Waals surface area contributed by atoms with Crippen molar-refractivity contribution < 1.29 is 31.1 Å². The maximum absolute atomic E-state index is 12.8. The van der Waals surface area contributed by atoms with E-state index in [-0.39, 0.29) is 13.1 Å². The van der Waals surface area contributed by atoms with Gasteiger partial charge in [0, 0.05) is 32.7 Å². The van der Waals surface area contributed by atoms with E-state index < -0.39 is 27.0 Å². The molecule has 6 nitrogen and oxygen atoms in total. The second-order valence-corrected chi connectivity index (χ2v) is 8.66. The third-order valence-corrected chi connectivity index (χ3v) is 6.82. The number of nitrogens with zero attached hydrogens (tertiary/aromatic N) is 2. The van der Waals surface area contributed by atoms with Gasteiger partial charge in [0.2, 0.25) is 10.0 Å². The van der Waals surface area contributed by atoms with Gasteiger partial charge in [-0.15, -0.1) is 13.2 Å². The third kappa shape index (κ3) is 5.34. The Balaban J connectivity index is 1.65. The Hall–Kier alpha value is -1.36. The summed E-state index contributed by atoms with van der Waals surface area (Å²) in [5, 5.41) is 0. The highest BCUT2D eigenvalue weighted by atomic mass is 32.2. The van der Waals surface area contributed by atoms with Crippen molar-refractivity contribution in [2.75, 3.05) is 45.9 Å². The molecule has 0 unspecified atom stereocenters. The number of ether oxygens (including phenoxy) is 2. The Morgan fingerprint density at radius 3 is 2.33 bits per heavy atom. The average molecular weight is 408 g/mol. The van der Waals surface area contributed by atoms with Crippen LogP contribution in [0.15, 0.2) is 29.2 Å². The lowest BCUT2D eigenvalue weighted by molar-refractivity contribution is -0.275. The van der Waals surface area contributed by atoms with Crippen molar-refractivity contribution in [1.82, 2.24) is 9.21 Å². The van der Waals surface area contributed by atoms with Gasteiger partial charge in [0.15, 0.2) is 0 Å². The molecule has 0 saturated carbocycles. The molecule has 2 aliphatic heterocycles. The molecule has 0 spiro atoms. The molecule has 2 aliphatic rings. The zero-order chi connectivity index (χ0) is 19.5. The van der Waals surface area contributed by atoms with E-state index in [0.717, 1.165) is 31.8 Å². The number of rotatable bonds is 5. The van der Waals surface area contributed by atoms with E-state index >= 15 is 0 Å². The average Bonchev–Trinajstić information content (AvgIpc) is 2.62. The van der Waals surface area contributed by atoms with Crippen LogP contribution in [0, 0.1) is 5.92 Å². The lowest BCUT2D eigenvalue weighted by atomic mass is 9.97. The van der Waals surface area contributed by atoms with E-state index in [1.807, 2.05) is 0 Å². The summed E-state index contributed by atoms with van der Waals surface area (Å²) in [6.07, 6.45) is -3.59. The Morgan fingerprint density at radius 1 is 1.07 bits per heavy atom. The zero-order valence-corrected chi connectivity index (χ0v) is 15.6. The molecule has 0 amide bonds. The van der Waals surface area contributed by atoms with E-state index in [1.54, 1.807) is 0 Å². The molecule has 27 heavy (non-hydrogen) atoms. The van der Waals surface area contributed by atoms with Crippen LogP contribution in [0.3, 0.4) is 0 Å². The molecule has 10 heteroatoms. The quantitative estimate of drug-likeness (QED) is 0.749. The normalized spacial score (nSPS) is 21.3. The van der Waals surface area contributed by atoms with Gasteiger partial charge >= 0.3 is 6.36 Å². The fourth-order valence-electron chi connectivity index (χ4n) is 3.49. The number of morpholine rings is 1. The van der Waals surface area contributed by atoms with Gasteiger partial charge in [0.1, 0.15) is 10.6 Å². The number of sulfonamides is 1. The largest absolute Gasteiger partial charge is 0.573 e. The van der Waals surface area contributed by atoms with Crippen molar-refractivity contribution in [2.45, 2.75) is 24.1 Å². The van der Waals surface area contributed by atoms with E-state index in [0.29, 0.717) is 32.0 Å². The minimum absolute atomic E-state index is 0.289. The highest BCUT2D eigenvalue weighted by molar-refractivity contribution is 7.89. The summed E-state index contributed by atoms with van der Waals surface area (Å²) in [5.41, 5.74) is 0. The molecular weight excluding hydrogens is 385 g/mol. The molecule has 0 bridgehead atoms. The Kier molecular flexibility index (Phi) is 6.29. The molecule has 1 aromatic rings. The molecular formula is C17H23F3N2O4S. The Labute approximate surface area is 156 Å². The van der Waals surface area contributed by atoms with E-state index in [9.17, 15) is 21.6 Å². The van der Waals surface area contributed by atoms with Crippen LogP contribution in [-0.2, 0) is 14.8 Å². The summed E-state index contributed by atoms with van der Waals surface area (Å²) < 4.78 is 73.9. The van der Waals surface area contributed by atoms with Crippen molar-refractivity contribution >= 4 is 10.0 Å². The predicted octanol–water partition coefficient (Wildman–Crippen LogP) is 2.32. The SMILES string of the molecule is O=S(=O)(c1ccccc1OC(F)(F)F)N1CCC(CN2CCOCC2)CC1. The maximum Gasteiger partial charge on any atom is 0.573 e. The Bertz CT molecular complexity index is 728. The van der Waals surface area contributed by atoms with Gasteiger partial charge in [-0.3, -0.25) is 4.90 Å². The first kappa shape index (κ1) is 20.4. The molecule has 0 aromatic heterocycles. The van der Waals surface area contributed by atoms with Gasteiger partial charge < -0.3 is 9.47 Å². The number of piperidine rings is 1. The molecule has 3 rings (SSSR count). The second-order valence-electron chi connectivity index (χ2n) is 6.75. The molecule has 0 N–H and O–H groups in total. The van der Waals surface area contributed by atoms with Gasteiger partial charge in [-0.1, -0.05) is 12.1 Å². The van der Waals surface area contributed by atoms with Crippen LogP contribution in [0.2, 0.25) is 0 Å². The lowest BCUT2D eigenvalue weighted by Crippen LogP contribution is -2.44. The van der Waals surface area contributed by atoms with Crippen LogP contribution in [0.25, 0.3) is 0 Å².